The first-order valence-electron chi connectivity index (χ1n) is 7.70. The number of hydrogen-bond donors (Lipinski definition) is 3. The van der Waals surface area contributed by atoms with E-state index in [0.29, 0.717) is 0 Å². The maximum absolute atomic E-state index is 12.2. The highest BCUT2D eigenvalue weighted by Gasteiger charge is 2.36. The summed E-state index contributed by atoms with van der Waals surface area (Å²) in [5.41, 5.74) is 5.92. The monoisotopic (exact) mass is 348 g/mol. The van der Waals surface area contributed by atoms with Gasteiger partial charge in [0.2, 0.25) is 17.7 Å². The fourth-order valence-corrected chi connectivity index (χ4v) is 2.56. The predicted molar refractivity (Wildman–Crippen MR) is 87.0 cm³/mol. The Labute approximate surface area is 144 Å². The highest BCUT2D eigenvalue weighted by Crippen LogP contribution is 2.26. The molecular weight excluding hydrogens is 328 g/mol. The lowest BCUT2D eigenvalue weighted by Crippen LogP contribution is -2.50. The largest absolute Gasteiger partial charge is 0.447 e. The number of amides is 4. The molecule has 0 aromatic heterocycles. The minimum Gasteiger partial charge on any atom is -0.447 e. The molecule has 1 heterocycles. The summed E-state index contributed by atoms with van der Waals surface area (Å²) in [6.07, 6.45) is -0.951. The number of rotatable bonds is 7. The number of benzene rings is 1. The zero-order valence-corrected chi connectivity index (χ0v) is 13.7. The second-order valence-corrected chi connectivity index (χ2v) is 5.54. The molecule has 0 spiro atoms. The van der Waals surface area contributed by atoms with Crippen LogP contribution in [0, 0.1) is 0 Å². The van der Waals surface area contributed by atoms with Crippen molar-refractivity contribution in [1.29, 1.82) is 0 Å². The average molecular weight is 348 g/mol. The Hall–Kier alpha value is -3.10. The summed E-state index contributed by atoms with van der Waals surface area (Å²) in [5, 5.41) is 4.76. The fourth-order valence-electron chi connectivity index (χ4n) is 2.56. The highest BCUT2D eigenvalue weighted by molar-refractivity contribution is 5.92. The lowest BCUT2D eigenvalue weighted by atomic mass is 10.1. The standard InChI is InChI=1S/C16H20N4O5/c1-18-15(23)11(7-13(17)21)19-14(22)8-20-12(9-25-16(20)24)10-5-3-2-4-6-10/h2-6,11-12H,7-9H2,1H3,(H2,17,21)(H,18,23)(H,19,22)/t11-,12+/m0/s1. The first-order chi connectivity index (χ1) is 11.9. The second kappa shape index (κ2) is 8.13. The van der Waals surface area contributed by atoms with Gasteiger partial charge in [-0.1, -0.05) is 30.3 Å². The molecule has 1 aliphatic heterocycles. The number of nitrogens with two attached hydrogens (primary N) is 1. The third-order valence-electron chi connectivity index (χ3n) is 3.78. The number of nitrogens with one attached hydrogen (secondary N) is 2. The summed E-state index contributed by atoms with van der Waals surface area (Å²) in [6.45, 7) is -0.166. The van der Waals surface area contributed by atoms with E-state index in [-0.39, 0.29) is 19.6 Å². The van der Waals surface area contributed by atoms with E-state index in [0.717, 1.165) is 5.56 Å². The van der Waals surface area contributed by atoms with Gasteiger partial charge in [-0.15, -0.1) is 0 Å². The summed E-state index contributed by atoms with van der Waals surface area (Å²) in [7, 11) is 1.38. The summed E-state index contributed by atoms with van der Waals surface area (Å²) in [4.78, 5) is 48.2. The van der Waals surface area contributed by atoms with Gasteiger partial charge in [-0.25, -0.2) is 4.79 Å². The predicted octanol–water partition coefficient (Wildman–Crippen LogP) is -0.714. The zero-order valence-electron chi connectivity index (χ0n) is 13.7. The van der Waals surface area contributed by atoms with Crippen molar-refractivity contribution in [2.24, 2.45) is 5.73 Å². The van der Waals surface area contributed by atoms with Gasteiger partial charge in [0.1, 0.15) is 19.2 Å². The number of carbonyl (C=O) groups is 4. The highest BCUT2D eigenvalue weighted by atomic mass is 16.6. The topological polar surface area (TPSA) is 131 Å². The van der Waals surface area contributed by atoms with Gasteiger partial charge in [-0.05, 0) is 5.56 Å². The lowest BCUT2D eigenvalue weighted by Gasteiger charge is -2.22. The normalized spacial score (nSPS) is 17.6. The number of nitrogens with zero attached hydrogens (tertiary/aromatic N) is 1. The third kappa shape index (κ3) is 4.69. The summed E-state index contributed by atoms with van der Waals surface area (Å²) < 4.78 is 5.03. The minimum absolute atomic E-state index is 0.135. The Balaban J connectivity index is 2.05. The van der Waals surface area contributed by atoms with Crippen LogP contribution in [-0.2, 0) is 19.1 Å². The maximum Gasteiger partial charge on any atom is 0.410 e. The summed E-state index contributed by atoms with van der Waals surface area (Å²) >= 11 is 0. The number of ether oxygens (including phenoxy) is 1. The van der Waals surface area contributed by atoms with E-state index in [4.69, 9.17) is 10.5 Å². The van der Waals surface area contributed by atoms with Gasteiger partial charge in [0, 0.05) is 7.05 Å². The Kier molecular flexibility index (Phi) is 5.93. The van der Waals surface area contributed by atoms with Crippen molar-refractivity contribution in [3.63, 3.8) is 0 Å². The van der Waals surface area contributed by atoms with Crippen LogP contribution in [0.15, 0.2) is 30.3 Å². The molecule has 0 bridgehead atoms. The van der Waals surface area contributed by atoms with E-state index in [1.54, 1.807) is 0 Å². The molecule has 1 saturated heterocycles. The van der Waals surface area contributed by atoms with Crippen LogP contribution in [0.5, 0.6) is 0 Å². The van der Waals surface area contributed by atoms with Crippen molar-refractivity contribution < 1.29 is 23.9 Å². The van der Waals surface area contributed by atoms with Crippen LogP contribution < -0.4 is 16.4 Å². The maximum atomic E-state index is 12.2. The van der Waals surface area contributed by atoms with Crippen LogP contribution in [0.3, 0.4) is 0 Å². The number of hydrogen-bond acceptors (Lipinski definition) is 5. The van der Waals surface area contributed by atoms with Crippen molar-refractivity contribution in [1.82, 2.24) is 15.5 Å². The number of cyclic esters (lactones) is 1. The van der Waals surface area contributed by atoms with Crippen LogP contribution >= 0.6 is 0 Å². The molecule has 1 fully saturated rings. The molecule has 2 atom stereocenters. The molecule has 9 nitrogen and oxygen atoms in total. The fraction of sp³-hybridized carbons (Fsp3) is 0.375. The van der Waals surface area contributed by atoms with E-state index < -0.39 is 35.9 Å². The number of primary amides is 1. The van der Waals surface area contributed by atoms with Crippen molar-refractivity contribution in [2.75, 3.05) is 20.2 Å². The van der Waals surface area contributed by atoms with E-state index in [9.17, 15) is 19.2 Å². The summed E-state index contributed by atoms with van der Waals surface area (Å²) in [6, 6.07) is 7.67. The first-order valence-corrected chi connectivity index (χ1v) is 7.70. The molecule has 0 aliphatic carbocycles. The third-order valence-corrected chi connectivity index (χ3v) is 3.78. The molecule has 2 rings (SSSR count). The lowest BCUT2D eigenvalue weighted by molar-refractivity contribution is -0.131. The van der Waals surface area contributed by atoms with E-state index in [2.05, 4.69) is 10.6 Å². The van der Waals surface area contributed by atoms with Gasteiger partial charge in [0.15, 0.2) is 0 Å². The van der Waals surface area contributed by atoms with Crippen LogP contribution in [0.25, 0.3) is 0 Å². The molecule has 0 radical (unpaired) electrons. The molecule has 4 N–H and O–H groups in total. The van der Waals surface area contributed by atoms with Gasteiger partial charge < -0.3 is 21.1 Å². The molecule has 25 heavy (non-hydrogen) atoms. The van der Waals surface area contributed by atoms with Gasteiger partial charge in [-0.2, -0.15) is 0 Å². The SMILES string of the molecule is CNC(=O)[C@H](CC(N)=O)NC(=O)CN1C(=O)OC[C@@H]1c1ccccc1. The Morgan fingerprint density at radius 1 is 1.32 bits per heavy atom. The Bertz CT molecular complexity index is 664. The van der Waals surface area contributed by atoms with Crippen LogP contribution in [-0.4, -0.2) is 55.0 Å². The van der Waals surface area contributed by atoms with Crippen LogP contribution in [0.2, 0.25) is 0 Å². The minimum atomic E-state index is -1.09. The number of likely N-dealkylation sites (N-methyl/N-ethyl adjacent to an activating group) is 1. The summed E-state index contributed by atoms with van der Waals surface area (Å²) in [5.74, 6) is -1.86. The second-order valence-electron chi connectivity index (χ2n) is 5.54. The molecule has 1 aromatic rings. The van der Waals surface area contributed by atoms with Crippen LogP contribution in [0.4, 0.5) is 4.79 Å². The van der Waals surface area contributed by atoms with E-state index >= 15 is 0 Å². The Morgan fingerprint density at radius 2 is 2.00 bits per heavy atom. The molecular formula is C16H20N4O5. The van der Waals surface area contributed by atoms with Gasteiger partial charge in [0.05, 0.1) is 12.5 Å². The molecule has 0 unspecified atom stereocenters. The van der Waals surface area contributed by atoms with Gasteiger partial charge >= 0.3 is 6.09 Å². The first kappa shape index (κ1) is 18.2. The quantitative estimate of drug-likeness (QED) is 0.599. The molecule has 4 amide bonds. The van der Waals surface area contributed by atoms with Crippen molar-refractivity contribution >= 4 is 23.8 Å². The smallest absolute Gasteiger partial charge is 0.410 e. The van der Waals surface area contributed by atoms with Crippen LogP contribution in [0.1, 0.15) is 18.0 Å². The van der Waals surface area contributed by atoms with Gasteiger partial charge in [0.25, 0.3) is 0 Å². The van der Waals surface area contributed by atoms with Gasteiger partial charge in [-0.3, -0.25) is 19.3 Å². The molecule has 0 saturated carbocycles. The van der Waals surface area contributed by atoms with Crippen molar-refractivity contribution in [2.45, 2.75) is 18.5 Å². The van der Waals surface area contributed by atoms with E-state index in [1.165, 1.54) is 11.9 Å². The molecule has 1 aliphatic rings. The average Bonchev–Trinajstić information content (AvgIpc) is 2.94. The van der Waals surface area contributed by atoms with Crippen molar-refractivity contribution in [3.8, 4) is 0 Å². The molecule has 9 heteroatoms. The zero-order chi connectivity index (χ0) is 18.4. The van der Waals surface area contributed by atoms with E-state index in [1.807, 2.05) is 30.3 Å². The molecule has 134 valence electrons. The molecule has 1 aromatic carbocycles. The number of carbonyl (C=O) groups excluding carboxylic acids is 4. The Morgan fingerprint density at radius 3 is 2.60 bits per heavy atom. The van der Waals surface area contributed by atoms with Crippen molar-refractivity contribution in [3.05, 3.63) is 35.9 Å².